The number of primary amides is 1. The molecule has 0 aliphatic carbocycles. The van der Waals surface area contributed by atoms with Crippen LogP contribution in [0, 0.1) is 24.9 Å². The normalized spacial score (nSPS) is 15.1. The Labute approximate surface area is 608 Å². The largest absolute Gasteiger partial charge is 0.506 e. The minimum atomic E-state index is -1.87. The van der Waals surface area contributed by atoms with Crippen molar-refractivity contribution in [2.24, 2.45) is 40.7 Å². The van der Waals surface area contributed by atoms with Crippen molar-refractivity contribution in [2.75, 3.05) is 26.2 Å². The van der Waals surface area contributed by atoms with Gasteiger partial charge in [0.25, 0.3) is 0 Å². The van der Waals surface area contributed by atoms with E-state index in [4.69, 9.17) is 22.9 Å². The van der Waals surface area contributed by atoms with Gasteiger partial charge in [0, 0.05) is 12.8 Å². The fourth-order valence-electron chi connectivity index (χ4n) is 10.8. The van der Waals surface area contributed by atoms with E-state index in [1.54, 1.807) is 32.9 Å². The van der Waals surface area contributed by atoms with Gasteiger partial charge in [0.1, 0.15) is 60.1 Å². The minimum absolute atomic E-state index is 0.0200. The number of phenolic OH excluding ortho intramolecular Hbond substituents is 1. The van der Waals surface area contributed by atoms with Crippen molar-refractivity contribution in [1.29, 1.82) is 0 Å². The molecule has 0 heterocycles. The van der Waals surface area contributed by atoms with Gasteiger partial charge in [0.2, 0.25) is 65.0 Å². The summed E-state index contributed by atoms with van der Waals surface area (Å²) in [6.45, 7) is 15.5. The quantitative estimate of drug-likeness (QED) is 0.0329. The molecule has 560 valence electrons. The van der Waals surface area contributed by atoms with Crippen LogP contribution in [0.4, 0.5) is 0 Å². The maximum absolute atomic E-state index is 14.8. The summed E-state index contributed by atoms with van der Waals surface area (Å²) in [5.74, 6) is -10.1. The number of hydrogen-bond donors (Lipinski definition) is 17. The molecule has 1 aromatic carbocycles. The molecule has 28 nitrogen and oxygen atoms in total. The Morgan fingerprint density at radius 2 is 0.816 bits per heavy atom. The lowest BCUT2D eigenvalue weighted by molar-refractivity contribution is -0.138. The molecule has 0 saturated carbocycles. The lowest BCUT2D eigenvalue weighted by atomic mass is 9.96. The molecule has 98 heavy (non-hydrogen) atoms. The van der Waals surface area contributed by atoms with Crippen molar-refractivity contribution in [3.63, 3.8) is 0 Å². The molecule has 1 rings (SSSR count). The van der Waals surface area contributed by atoms with E-state index in [2.05, 4.69) is 60.1 Å². The van der Waals surface area contributed by atoms with Crippen LogP contribution in [0.15, 0.2) is 12.1 Å². The first-order valence-electron chi connectivity index (χ1n) is 35.3. The number of amides is 11. The summed E-state index contributed by atoms with van der Waals surface area (Å²) < 4.78 is 0.777. The molecule has 0 aliphatic rings. The van der Waals surface area contributed by atoms with E-state index in [9.17, 15) is 68.1 Å². The summed E-state index contributed by atoms with van der Waals surface area (Å²) >= 11 is 3.78. The van der Waals surface area contributed by atoms with E-state index >= 15 is 0 Å². The van der Waals surface area contributed by atoms with Crippen LogP contribution in [0.1, 0.15) is 216 Å². The maximum Gasteiger partial charge on any atom is 0.245 e. The van der Waals surface area contributed by atoms with Gasteiger partial charge in [-0.3, -0.25) is 52.7 Å². The highest BCUT2D eigenvalue weighted by molar-refractivity contribution is 14.1. The summed E-state index contributed by atoms with van der Waals surface area (Å²) in [5, 5.41) is 59.1. The Balaban J connectivity index is 3.51. The van der Waals surface area contributed by atoms with Crippen molar-refractivity contribution >= 4 is 110 Å². The van der Waals surface area contributed by atoms with E-state index in [0.29, 0.717) is 70.6 Å². The predicted molar refractivity (Wildman–Crippen MR) is 394 cm³/mol. The van der Waals surface area contributed by atoms with Crippen molar-refractivity contribution < 1.29 is 68.1 Å². The Morgan fingerprint density at radius 3 is 1.26 bits per heavy atom. The smallest absolute Gasteiger partial charge is 0.245 e. The van der Waals surface area contributed by atoms with Crippen LogP contribution in [-0.4, -0.2) is 173 Å². The van der Waals surface area contributed by atoms with E-state index in [1.807, 2.05) is 66.0 Å². The number of carbonyl (C=O) groups excluding carboxylic acids is 11. The highest BCUT2D eigenvalue weighted by Crippen LogP contribution is 2.28. The van der Waals surface area contributed by atoms with E-state index < -0.39 is 137 Å². The molecule has 0 saturated heterocycles. The van der Waals surface area contributed by atoms with Crippen LogP contribution in [0.3, 0.4) is 0 Å². The second-order valence-electron chi connectivity index (χ2n) is 26.5. The van der Waals surface area contributed by atoms with Crippen LogP contribution in [-0.2, 0) is 59.2 Å². The topological polar surface area (TPSA) is 473 Å². The molecular weight excluding hydrogens is 1490 g/mol. The number of benzene rings is 1. The summed E-state index contributed by atoms with van der Waals surface area (Å²) in [6.07, 6.45) is 12.4. The van der Waals surface area contributed by atoms with Gasteiger partial charge in [-0.05, 0) is 185 Å². The third-order valence-electron chi connectivity index (χ3n) is 16.9. The molecule has 11 amide bonds. The summed E-state index contributed by atoms with van der Waals surface area (Å²) in [7, 11) is 0. The fraction of sp³-hybridized carbons (Fsp3) is 0.750. The molecule has 0 aliphatic heterocycles. The lowest BCUT2D eigenvalue weighted by Gasteiger charge is -2.30. The predicted octanol–water partition coefficient (Wildman–Crippen LogP) is 2.71. The third kappa shape index (κ3) is 36.2. The molecule has 21 N–H and O–H groups in total. The van der Waals surface area contributed by atoms with Gasteiger partial charge >= 0.3 is 0 Å². The standard InChI is InChI=1S/C68H120I2N14O14/c1-10-12-13-14-15-16-17-18-19-20-21-31-53(87)75-39-54(88)76-51(35-40(3)4)64(94)81-55(41(5)6)65(95)83-58(44(9)86)68(98)84-57(43(8)85)67(97)80-52(38-45-36-46(69)59(89)47(70)37-45)63(93)79-49(29-23-26-33-72)61(91)78-50(30-24-27-34-73)62(92)82-56(42(7)11-2)66(96)77-48(60(74)90)28-22-25-32-71/h36-37,40-44,48-52,55-58,85-86,89H,10-35,38-39,71-73H2,1-9H3,(H2,74,90)(H,75,87)(H,76,88)(H,77,96)(H,78,91)(H,79,93)(H,80,97)(H,81,94)(H,82,92)(H,83,95)(H,84,98)/t42-,43+,44+,48-,49+,50-,51-,52-,55-,56-,57-,58-/m0/s1. The van der Waals surface area contributed by atoms with Gasteiger partial charge in [-0.25, -0.2) is 0 Å². The molecule has 0 aromatic heterocycles. The zero-order valence-corrected chi connectivity index (χ0v) is 63.7. The zero-order chi connectivity index (χ0) is 74.0. The number of nitrogens with two attached hydrogens (primary N) is 4. The number of rotatable bonds is 53. The van der Waals surface area contributed by atoms with Crippen LogP contribution >= 0.6 is 45.2 Å². The molecule has 0 spiro atoms. The third-order valence-corrected chi connectivity index (χ3v) is 18.5. The van der Waals surface area contributed by atoms with Crippen LogP contribution in [0.5, 0.6) is 5.75 Å². The molecule has 1 aromatic rings. The van der Waals surface area contributed by atoms with Crippen molar-refractivity contribution in [1.82, 2.24) is 53.2 Å². The first kappa shape index (κ1) is 90.5. The SMILES string of the molecule is CCCCCCCCCCCCCC(=O)NCC(=O)N[C@@H](CC(C)C)C(=O)N[C@H](C(=O)N[C@H](C(=O)N[C@H](C(=O)N[C@@H](Cc1cc(I)c(O)c(I)c1)C(=O)N[C@H](CCCCN)C(=O)N[C@@H](CCCCN)C(=O)N[C@H](C(=O)N[C@@H](CCCCN)C(N)=O)[C@@H](C)CC)[C@@H](C)O)[C@@H](C)O)C(C)C. The number of aliphatic hydroxyl groups excluding tert-OH is 2. The number of carbonyl (C=O) groups is 11. The number of unbranched alkanes of at least 4 members (excludes halogenated alkanes) is 13. The monoisotopic (exact) mass is 1610 g/mol. The number of nitrogens with one attached hydrogen (secondary N) is 10. The molecule has 0 fully saturated rings. The van der Waals surface area contributed by atoms with Gasteiger partial charge in [0.05, 0.1) is 25.9 Å². The highest BCUT2D eigenvalue weighted by atomic mass is 127. The van der Waals surface area contributed by atoms with Crippen molar-refractivity contribution in [2.45, 2.75) is 283 Å². The Hall–Kier alpha value is -5.55. The van der Waals surface area contributed by atoms with Gasteiger partial charge in [-0.15, -0.1) is 0 Å². The van der Waals surface area contributed by atoms with E-state index in [0.717, 1.165) is 19.3 Å². The summed E-state index contributed by atoms with van der Waals surface area (Å²) in [6, 6.07) is -9.53. The highest BCUT2D eigenvalue weighted by Gasteiger charge is 2.39. The number of aromatic hydroxyl groups is 1. The fourth-order valence-corrected chi connectivity index (χ4v) is 12.7. The van der Waals surface area contributed by atoms with Crippen LogP contribution in [0.25, 0.3) is 0 Å². The van der Waals surface area contributed by atoms with Crippen molar-refractivity contribution in [3.05, 3.63) is 24.8 Å². The second-order valence-corrected chi connectivity index (χ2v) is 28.8. The number of phenols is 1. The molecule has 0 radical (unpaired) electrons. The molecule has 12 atom stereocenters. The van der Waals surface area contributed by atoms with Crippen LogP contribution < -0.4 is 76.1 Å². The van der Waals surface area contributed by atoms with Gasteiger partial charge in [0.15, 0.2) is 0 Å². The Bertz CT molecular complexity index is 2620. The first-order chi connectivity index (χ1) is 46.4. The average molecular weight is 1610 g/mol. The number of aliphatic hydroxyl groups is 2. The molecule has 0 bridgehead atoms. The lowest BCUT2D eigenvalue weighted by Crippen LogP contribution is -2.64. The zero-order valence-electron chi connectivity index (χ0n) is 59.4. The Morgan fingerprint density at radius 1 is 0.439 bits per heavy atom. The first-order valence-corrected chi connectivity index (χ1v) is 37.4. The van der Waals surface area contributed by atoms with Crippen LogP contribution in [0.2, 0.25) is 0 Å². The van der Waals surface area contributed by atoms with E-state index in [-0.39, 0.29) is 75.7 Å². The van der Waals surface area contributed by atoms with Gasteiger partial charge in [-0.1, -0.05) is 119 Å². The molecule has 30 heteroatoms. The number of hydrogen-bond acceptors (Lipinski definition) is 17. The number of halogens is 2. The summed E-state index contributed by atoms with van der Waals surface area (Å²) in [5.41, 5.74) is 23.4. The minimum Gasteiger partial charge on any atom is -0.506 e. The molecule has 0 unspecified atom stereocenters. The Kier molecular flexibility index (Phi) is 46.8. The maximum atomic E-state index is 14.8. The average Bonchev–Trinajstić information content (AvgIpc) is 0.848. The molecular formula is C68H120I2N14O14. The van der Waals surface area contributed by atoms with Gasteiger partial charge in [-0.2, -0.15) is 0 Å². The second kappa shape index (κ2) is 50.7. The summed E-state index contributed by atoms with van der Waals surface area (Å²) in [4.78, 5) is 153. The van der Waals surface area contributed by atoms with Gasteiger partial charge < -0.3 is 91.4 Å². The van der Waals surface area contributed by atoms with E-state index in [1.165, 1.54) is 58.8 Å². The van der Waals surface area contributed by atoms with Crippen molar-refractivity contribution in [3.8, 4) is 5.75 Å².